The van der Waals surface area contributed by atoms with Gasteiger partial charge >= 0.3 is 0 Å². The van der Waals surface area contributed by atoms with E-state index in [-0.39, 0.29) is 24.4 Å². The first kappa shape index (κ1) is 19.9. The van der Waals surface area contributed by atoms with Crippen LogP contribution in [0.5, 0.6) is 11.5 Å². The molecule has 1 fully saturated rings. The predicted octanol–water partition coefficient (Wildman–Crippen LogP) is 2.56. The van der Waals surface area contributed by atoms with Crippen LogP contribution in [0.15, 0.2) is 23.1 Å². The molecule has 23 heavy (non-hydrogen) atoms. The first-order valence-electron chi connectivity index (χ1n) is 7.52. The highest BCUT2D eigenvalue weighted by Crippen LogP contribution is 2.32. The summed E-state index contributed by atoms with van der Waals surface area (Å²) in [7, 11) is 3.24. The van der Waals surface area contributed by atoms with Crippen molar-refractivity contribution in [2.75, 3.05) is 33.1 Å². The molecule has 1 aromatic carbocycles. The van der Waals surface area contributed by atoms with Crippen molar-refractivity contribution in [2.45, 2.75) is 30.2 Å². The van der Waals surface area contributed by atoms with E-state index in [2.05, 4.69) is 0 Å². The zero-order chi connectivity index (χ0) is 15.9. The van der Waals surface area contributed by atoms with Gasteiger partial charge in [0.05, 0.1) is 14.2 Å². The van der Waals surface area contributed by atoms with Crippen molar-refractivity contribution in [3.8, 4) is 11.5 Å². The standard InChI is InChI=1S/C16H24N2O3S.ClH/c1-20-14-6-5-13(10-15(14)21-2)22-9-7-16(19)18-8-3-4-12(17)11-18;/h5-6,10,12H,3-4,7-9,11,17H2,1-2H3;1H. The van der Waals surface area contributed by atoms with Crippen molar-refractivity contribution in [1.82, 2.24) is 4.90 Å². The minimum Gasteiger partial charge on any atom is -0.493 e. The molecule has 0 radical (unpaired) electrons. The molecule has 1 saturated heterocycles. The molecule has 7 heteroatoms. The molecular formula is C16H25ClN2O3S. The molecule has 0 saturated carbocycles. The summed E-state index contributed by atoms with van der Waals surface area (Å²) in [5.41, 5.74) is 5.92. The fourth-order valence-corrected chi connectivity index (χ4v) is 3.42. The Labute approximate surface area is 148 Å². The van der Waals surface area contributed by atoms with Crippen LogP contribution < -0.4 is 15.2 Å². The van der Waals surface area contributed by atoms with Crippen LogP contribution in [-0.2, 0) is 4.79 Å². The summed E-state index contributed by atoms with van der Waals surface area (Å²) < 4.78 is 10.5. The maximum absolute atomic E-state index is 12.2. The minimum atomic E-state index is 0. The maximum atomic E-state index is 12.2. The normalized spacial score (nSPS) is 17.3. The number of hydrogen-bond acceptors (Lipinski definition) is 5. The molecule has 2 rings (SSSR count). The Balaban J connectivity index is 0.00000264. The fraction of sp³-hybridized carbons (Fsp3) is 0.562. The molecular weight excluding hydrogens is 336 g/mol. The van der Waals surface area contributed by atoms with E-state index < -0.39 is 0 Å². The highest BCUT2D eigenvalue weighted by molar-refractivity contribution is 7.99. The minimum absolute atomic E-state index is 0. The van der Waals surface area contributed by atoms with Gasteiger partial charge in [0.15, 0.2) is 11.5 Å². The molecule has 1 aliphatic heterocycles. The van der Waals surface area contributed by atoms with Crippen molar-refractivity contribution < 1.29 is 14.3 Å². The molecule has 5 nitrogen and oxygen atoms in total. The number of thioether (sulfide) groups is 1. The summed E-state index contributed by atoms with van der Waals surface area (Å²) in [6.45, 7) is 1.54. The second kappa shape index (κ2) is 9.90. The van der Waals surface area contributed by atoms with Gasteiger partial charge in [0.1, 0.15) is 0 Å². The molecule has 1 aromatic rings. The number of carbonyl (C=O) groups excluding carboxylic acids is 1. The van der Waals surface area contributed by atoms with Gasteiger partial charge in [0, 0.05) is 36.2 Å². The molecule has 130 valence electrons. The fourth-order valence-electron chi connectivity index (χ4n) is 2.56. The van der Waals surface area contributed by atoms with Crippen LogP contribution in [-0.4, -0.2) is 49.9 Å². The van der Waals surface area contributed by atoms with Gasteiger partial charge < -0.3 is 20.1 Å². The Morgan fingerprint density at radius 1 is 1.35 bits per heavy atom. The summed E-state index contributed by atoms with van der Waals surface area (Å²) in [6, 6.07) is 5.93. The number of rotatable bonds is 6. The first-order chi connectivity index (χ1) is 10.6. The summed E-state index contributed by atoms with van der Waals surface area (Å²) in [4.78, 5) is 15.1. The lowest BCUT2D eigenvalue weighted by atomic mass is 10.1. The molecule has 1 unspecified atom stereocenters. The van der Waals surface area contributed by atoms with E-state index in [0.29, 0.717) is 24.5 Å². The Bertz CT molecular complexity index is 516. The Hall–Kier alpha value is -1.11. The van der Waals surface area contributed by atoms with Crippen molar-refractivity contribution in [3.63, 3.8) is 0 Å². The topological polar surface area (TPSA) is 64.8 Å². The average Bonchev–Trinajstić information content (AvgIpc) is 2.54. The number of methoxy groups -OCH3 is 2. The summed E-state index contributed by atoms with van der Waals surface area (Å²) in [5, 5.41) is 0. The summed E-state index contributed by atoms with van der Waals surface area (Å²) in [6.07, 6.45) is 2.56. The number of nitrogens with two attached hydrogens (primary N) is 1. The number of ether oxygens (including phenoxy) is 2. The van der Waals surface area contributed by atoms with E-state index in [1.807, 2.05) is 23.1 Å². The number of nitrogens with zero attached hydrogens (tertiary/aromatic N) is 1. The van der Waals surface area contributed by atoms with E-state index in [9.17, 15) is 4.79 Å². The van der Waals surface area contributed by atoms with Crippen molar-refractivity contribution in [1.29, 1.82) is 0 Å². The number of amides is 1. The highest BCUT2D eigenvalue weighted by Gasteiger charge is 2.20. The van der Waals surface area contributed by atoms with Crippen molar-refractivity contribution in [2.24, 2.45) is 5.73 Å². The highest BCUT2D eigenvalue weighted by atomic mass is 35.5. The van der Waals surface area contributed by atoms with Gasteiger partial charge in [-0.1, -0.05) is 0 Å². The molecule has 0 bridgehead atoms. The van der Waals surface area contributed by atoms with E-state index >= 15 is 0 Å². The second-order valence-electron chi connectivity index (χ2n) is 5.36. The van der Waals surface area contributed by atoms with E-state index in [1.165, 1.54) is 0 Å². The Morgan fingerprint density at radius 2 is 2.09 bits per heavy atom. The smallest absolute Gasteiger partial charge is 0.223 e. The number of hydrogen-bond donors (Lipinski definition) is 1. The molecule has 0 aliphatic carbocycles. The van der Waals surface area contributed by atoms with Gasteiger partial charge in [-0.05, 0) is 31.0 Å². The molecule has 2 N–H and O–H groups in total. The SMILES string of the molecule is COc1ccc(SCCC(=O)N2CCCC(N)C2)cc1OC.Cl. The molecule has 1 aliphatic rings. The number of halogens is 1. The molecule has 1 atom stereocenters. The van der Waals surface area contributed by atoms with Gasteiger partial charge in [-0.25, -0.2) is 0 Å². The van der Waals surface area contributed by atoms with Crippen LogP contribution >= 0.6 is 24.2 Å². The molecule has 1 amide bonds. The van der Waals surface area contributed by atoms with Crippen LogP contribution in [0.4, 0.5) is 0 Å². The summed E-state index contributed by atoms with van der Waals surface area (Å²) >= 11 is 1.65. The van der Waals surface area contributed by atoms with Gasteiger partial charge in [0.2, 0.25) is 5.91 Å². The number of piperidine rings is 1. The van der Waals surface area contributed by atoms with Crippen molar-refractivity contribution in [3.05, 3.63) is 18.2 Å². The monoisotopic (exact) mass is 360 g/mol. The third-order valence-electron chi connectivity index (χ3n) is 3.75. The molecule has 0 aromatic heterocycles. The van der Waals surface area contributed by atoms with Crippen LogP contribution in [0.3, 0.4) is 0 Å². The average molecular weight is 361 g/mol. The van der Waals surface area contributed by atoms with Gasteiger partial charge in [-0.15, -0.1) is 24.2 Å². The van der Waals surface area contributed by atoms with Crippen LogP contribution in [0.25, 0.3) is 0 Å². The number of carbonyl (C=O) groups is 1. The van der Waals surface area contributed by atoms with Crippen LogP contribution in [0.1, 0.15) is 19.3 Å². The van der Waals surface area contributed by atoms with Gasteiger partial charge in [0.25, 0.3) is 0 Å². The van der Waals surface area contributed by atoms with Crippen LogP contribution in [0.2, 0.25) is 0 Å². The van der Waals surface area contributed by atoms with Crippen LogP contribution in [0, 0.1) is 0 Å². The quantitative estimate of drug-likeness (QED) is 0.790. The number of benzene rings is 1. The largest absolute Gasteiger partial charge is 0.493 e. The lowest BCUT2D eigenvalue weighted by Crippen LogP contribution is -2.45. The van der Waals surface area contributed by atoms with Crippen molar-refractivity contribution >= 4 is 30.1 Å². The third-order valence-corrected chi connectivity index (χ3v) is 4.75. The lowest BCUT2D eigenvalue weighted by molar-refractivity contribution is -0.131. The zero-order valence-electron chi connectivity index (χ0n) is 13.6. The summed E-state index contributed by atoms with van der Waals surface area (Å²) in [5.74, 6) is 2.37. The maximum Gasteiger partial charge on any atom is 0.223 e. The van der Waals surface area contributed by atoms with Gasteiger partial charge in [-0.3, -0.25) is 4.79 Å². The lowest BCUT2D eigenvalue weighted by Gasteiger charge is -2.30. The Morgan fingerprint density at radius 3 is 2.74 bits per heavy atom. The zero-order valence-corrected chi connectivity index (χ0v) is 15.3. The predicted molar refractivity (Wildman–Crippen MR) is 95.9 cm³/mol. The van der Waals surface area contributed by atoms with E-state index in [4.69, 9.17) is 15.2 Å². The molecule has 0 spiro atoms. The van der Waals surface area contributed by atoms with E-state index in [1.54, 1.807) is 26.0 Å². The van der Waals surface area contributed by atoms with E-state index in [0.717, 1.165) is 30.0 Å². The molecule has 1 heterocycles. The van der Waals surface area contributed by atoms with Gasteiger partial charge in [-0.2, -0.15) is 0 Å². The number of likely N-dealkylation sites (tertiary alicyclic amines) is 1. The second-order valence-corrected chi connectivity index (χ2v) is 6.53. The third kappa shape index (κ3) is 5.79. The Kier molecular flexibility index (Phi) is 8.58. The first-order valence-corrected chi connectivity index (χ1v) is 8.50.